The predicted octanol–water partition coefficient (Wildman–Crippen LogP) is 3.63. The van der Waals surface area contributed by atoms with Gasteiger partial charge in [-0.1, -0.05) is 36.4 Å². The van der Waals surface area contributed by atoms with Gasteiger partial charge in [0.15, 0.2) is 0 Å². The number of rotatable bonds is 6. The van der Waals surface area contributed by atoms with Crippen LogP contribution in [0.5, 0.6) is 0 Å². The van der Waals surface area contributed by atoms with Crippen molar-refractivity contribution >= 4 is 5.91 Å². The number of carbonyl (C=O) groups is 1. The Morgan fingerprint density at radius 3 is 2.63 bits per heavy atom. The first-order valence-electron chi connectivity index (χ1n) is 10.4. The fraction of sp³-hybridized carbons (Fsp3) is 0.320. The van der Waals surface area contributed by atoms with Gasteiger partial charge >= 0.3 is 0 Å². The number of nitrogens with one attached hydrogen (secondary N) is 1. The largest absolute Gasteiger partial charge is 0.359 e. The molecule has 154 valence electrons. The number of likely N-dealkylation sites (tertiary alicyclic amines) is 1. The molecular weight excluding hydrogens is 372 g/mol. The molecule has 2 aromatic heterocycles. The van der Waals surface area contributed by atoms with Gasteiger partial charge in [0, 0.05) is 38.2 Å². The summed E-state index contributed by atoms with van der Waals surface area (Å²) >= 11 is 0. The van der Waals surface area contributed by atoms with Crippen LogP contribution < -0.4 is 5.32 Å². The van der Waals surface area contributed by atoms with Gasteiger partial charge in [0.05, 0.1) is 11.1 Å². The molecule has 3 aromatic rings. The van der Waals surface area contributed by atoms with Gasteiger partial charge in [0.1, 0.15) is 0 Å². The van der Waals surface area contributed by atoms with E-state index in [9.17, 15) is 4.79 Å². The second-order valence-electron chi connectivity index (χ2n) is 8.21. The molecule has 1 atom stereocenters. The van der Waals surface area contributed by atoms with E-state index in [1.165, 1.54) is 5.56 Å². The van der Waals surface area contributed by atoms with Crippen molar-refractivity contribution in [2.75, 3.05) is 20.1 Å². The van der Waals surface area contributed by atoms with Gasteiger partial charge in [-0.05, 0) is 61.2 Å². The van der Waals surface area contributed by atoms with Gasteiger partial charge in [0.25, 0.3) is 0 Å². The molecule has 30 heavy (non-hydrogen) atoms. The SMILES string of the molecule is CNC(=O)[C@@]1(Cc2ccc(-c3cccnc3)cc2)CCN(Cc2cccc(C)n2)C1. The third kappa shape index (κ3) is 4.41. The number of pyridine rings is 2. The van der Waals surface area contributed by atoms with Crippen molar-refractivity contribution in [1.29, 1.82) is 0 Å². The number of aromatic nitrogens is 2. The average molecular weight is 401 g/mol. The lowest BCUT2D eigenvalue weighted by Gasteiger charge is -2.28. The smallest absolute Gasteiger partial charge is 0.227 e. The van der Waals surface area contributed by atoms with Crippen molar-refractivity contribution in [3.8, 4) is 11.1 Å². The molecule has 5 heteroatoms. The van der Waals surface area contributed by atoms with Crippen LogP contribution in [0.2, 0.25) is 0 Å². The molecule has 1 aliphatic heterocycles. The topological polar surface area (TPSA) is 58.1 Å². The Morgan fingerprint density at radius 1 is 1.10 bits per heavy atom. The maximum absolute atomic E-state index is 12.9. The number of carbonyl (C=O) groups excluding carboxylic acids is 1. The summed E-state index contributed by atoms with van der Waals surface area (Å²) in [6.07, 6.45) is 5.24. The summed E-state index contributed by atoms with van der Waals surface area (Å²) in [5.41, 5.74) is 5.10. The molecule has 1 N–H and O–H groups in total. The summed E-state index contributed by atoms with van der Waals surface area (Å²) in [5, 5.41) is 2.91. The van der Waals surface area contributed by atoms with Crippen LogP contribution in [0.4, 0.5) is 0 Å². The highest BCUT2D eigenvalue weighted by molar-refractivity contribution is 5.83. The number of aryl methyl sites for hydroxylation is 1. The molecular formula is C25H28N4O. The van der Waals surface area contributed by atoms with Crippen LogP contribution in [0.25, 0.3) is 11.1 Å². The van der Waals surface area contributed by atoms with Crippen LogP contribution in [-0.2, 0) is 17.8 Å². The van der Waals surface area contributed by atoms with Crippen molar-refractivity contribution in [3.05, 3.63) is 83.9 Å². The average Bonchev–Trinajstić information content (AvgIpc) is 3.18. The zero-order chi connectivity index (χ0) is 21.0. The van der Waals surface area contributed by atoms with Crippen molar-refractivity contribution in [3.63, 3.8) is 0 Å². The van der Waals surface area contributed by atoms with Crippen molar-refractivity contribution < 1.29 is 4.79 Å². The molecule has 1 saturated heterocycles. The van der Waals surface area contributed by atoms with Crippen LogP contribution in [0.15, 0.2) is 67.0 Å². The van der Waals surface area contributed by atoms with E-state index in [0.29, 0.717) is 0 Å². The van der Waals surface area contributed by atoms with Crippen molar-refractivity contribution in [2.45, 2.75) is 26.3 Å². The lowest BCUT2D eigenvalue weighted by atomic mass is 9.79. The first-order chi connectivity index (χ1) is 14.6. The fourth-order valence-electron chi connectivity index (χ4n) is 4.42. The predicted molar refractivity (Wildman–Crippen MR) is 119 cm³/mol. The van der Waals surface area contributed by atoms with E-state index < -0.39 is 5.41 Å². The normalized spacial score (nSPS) is 19.0. The molecule has 0 aliphatic carbocycles. The number of benzene rings is 1. The number of hydrogen-bond donors (Lipinski definition) is 1. The van der Waals surface area contributed by atoms with E-state index in [-0.39, 0.29) is 5.91 Å². The van der Waals surface area contributed by atoms with Crippen LogP contribution in [0.1, 0.15) is 23.4 Å². The van der Waals surface area contributed by atoms with Crippen LogP contribution >= 0.6 is 0 Å². The highest BCUT2D eigenvalue weighted by Crippen LogP contribution is 2.35. The van der Waals surface area contributed by atoms with Crippen molar-refractivity contribution in [1.82, 2.24) is 20.2 Å². The number of amides is 1. The molecule has 0 bridgehead atoms. The molecule has 0 saturated carbocycles. The van der Waals surface area contributed by atoms with Gasteiger partial charge in [-0.3, -0.25) is 19.7 Å². The fourth-order valence-corrected chi connectivity index (χ4v) is 4.42. The minimum absolute atomic E-state index is 0.124. The zero-order valence-electron chi connectivity index (χ0n) is 17.6. The third-order valence-electron chi connectivity index (χ3n) is 5.96. The Labute approximate surface area is 178 Å². The van der Waals surface area contributed by atoms with E-state index in [2.05, 4.69) is 56.6 Å². The second-order valence-corrected chi connectivity index (χ2v) is 8.21. The van der Waals surface area contributed by atoms with E-state index in [1.54, 1.807) is 13.2 Å². The van der Waals surface area contributed by atoms with Crippen LogP contribution in [0.3, 0.4) is 0 Å². The Hall–Kier alpha value is -3.05. The summed E-state index contributed by atoms with van der Waals surface area (Å²) in [6, 6.07) is 18.6. The van der Waals surface area contributed by atoms with Gasteiger partial charge in [0.2, 0.25) is 5.91 Å². The Morgan fingerprint density at radius 2 is 1.93 bits per heavy atom. The van der Waals surface area contributed by atoms with Crippen LogP contribution in [-0.4, -0.2) is 40.9 Å². The molecule has 3 heterocycles. The first kappa shape index (κ1) is 20.2. The molecule has 0 unspecified atom stereocenters. The molecule has 0 radical (unpaired) electrons. The summed E-state index contributed by atoms with van der Waals surface area (Å²) in [5.74, 6) is 0.124. The van der Waals surface area contributed by atoms with E-state index in [4.69, 9.17) is 0 Å². The van der Waals surface area contributed by atoms with E-state index >= 15 is 0 Å². The van der Waals surface area contributed by atoms with Gasteiger partial charge in [-0.15, -0.1) is 0 Å². The lowest BCUT2D eigenvalue weighted by molar-refractivity contribution is -0.130. The number of nitrogens with zero attached hydrogens (tertiary/aromatic N) is 3. The van der Waals surface area contributed by atoms with E-state index in [1.807, 2.05) is 31.3 Å². The molecule has 1 fully saturated rings. The summed E-state index contributed by atoms with van der Waals surface area (Å²) in [4.78, 5) is 24.1. The van der Waals surface area contributed by atoms with Gasteiger partial charge < -0.3 is 5.32 Å². The molecule has 0 spiro atoms. The third-order valence-corrected chi connectivity index (χ3v) is 5.96. The maximum atomic E-state index is 12.9. The summed E-state index contributed by atoms with van der Waals surface area (Å²) in [7, 11) is 1.74. The zero-order valence-corrected chi connectivity index (χ0v) is 17.6. The maximum Gasteiger partial charge on any atom is 0.227 e. The molecule has 5 nitrogen and oxygen atoms in total. The van der Waals surface area contributed by atoms with E-state index in [0.717, 1.165) is 55.0 Å². The van der Waals surface area contributed by atoms with Gasteiger partial charge in [-0.2, -0.15) is 0 Å². The standard InChI is InChI=1S/C25H28N4O/c1-19-5-3-7-23(28-19)17-29-14-12-25(18-29,24(30)26-2)15-20-8-10-21(11-9-20)22-6-4-13-27-16-22/h3-11,13,16H,12,14-15,17-18H2,1-2H3,(H,26,30)/t25-/m1/s1. The molecule has 4 rings (SSSR count). The Balaban J connectivity index is 1.50. The highest BCUT2D eigenvalue weighted by Gasteiger charge is 2.44. The monoisotopic (exact) mass is 400 g/mol. The Bertz CT molecular complexity index is 1000. The summed E-state index contributed by atoms with van der Waals surface area (Å²) < 4.78 is 0. The summed E-state index contributed by atoms with van der Waals surface area (Å²) in [6.45, 7) is 4.43. The first-order valence-corrected chi connectivity index (χ1v) is 10.4. The highest BCUT2D eigenvalue weighted by atomic mass is 16.2. The Kier molecular flexibility index (Phi) is 5.91. The molecule has 1 amide bonds. The molecule has 1 aromatic carbocycles. The number of hydrogen-bond acceptors (Lipinski definition) is 4. The van der Waals surface area contributed by atoms with Crippen LogP contribution in [0, 0.1) is 12.3 Å². The molecule has 1 aliphatic rings. The lowest BCUT2D eigenvalue weighted by Crippen LogP contribution is -2.43. The van der Waals surface area contributed by atoms with Crippen molar-refractivity contribution in [2.24, 2.45) is 5.41 Å². The minimum atomic E-state index is -0.408. The second kappa shape index (κ2) is 8.76. The van der Waals surface area contributed by atoms with Gasteiger partial charge in [-0.25, -0.2) is 0 Å². The minimum Gasteiger partial charge on any atom is -0.359 e. The quantitative estimate of drug-likeness (QED) is 0.686.